The van der Waals surface area contributed by atoms with Crippen LogP contribution in [0, 0.1) is 5.92 Å². The molecule has 0 N–H and O–H groups in total. The molecule has 11 heteroatoms. The highest BCUT2D eigenvalue weighted by Gasteiger charge is 2.37. The zero-order valence-corrected chi connectivity index (χ0v) is 18.2. The quantitative estimate of drug-likeness (QED) is 0.678. The molecule has 2 rings (SSSR count). The normalized spacial score (nSPS) is 18.7. The minimum Gasteiger partial charge on any atom is -0.444 e. The maximum atomic E-state index is 13.0. The van der Waals surface area contributed by atoms with Crippen molar-refractivity contribution in [1.82, 2.24) is 9.21 Å². The monoisotopic (exact) mass is 452 g/mol. The number of hydrogen-bond acceptors (Lipinski definition) is 5. The minimum atomic E-state index is -5.01. The Morgan fingerprint density at radius 2 is 1.87 bits per heavy atom. The molecule has 1 fully saturated rings. The van der Waals surface area contributed by atoms with Crippen LogP contribution in [0.1, 0.15) is 33.6 Å². The van der Waals surface area contributed by atoms with Gasteiger partial charge >= 0.3 is 12.5 Å². The highest BCUT2D eigenvalue weighted by Crippen LogP contribution is 2.33. The number of hydrogen-bond donors (Lipinski definition) is 0. The number of amides is 1. The summed E-state index contributed by atoms with van der Waals surface area (Å²) < 4.78 is 74.4. The van der Waals surface area contributed by atoms with E-state index in [1.807, 2.05) is 0 Å². The average Bonchev–Trinajstić information content (AvgIpc) is 2.59. The molecular formula is C19H27F3N2O5S. The van der Waals surface area contributed by atoms with Crippen LogP contribution in [0.2, 0.25) is 0 Å². The third kappa shape index (κ3) is 6.76. The fourth-order valence-electron chi connectivity index (χ4n) is 3.21. The fraction of sp³-hybridized carbons (Fsp3) is 0.632. The first-order valence-corrected chi connectivity index (χ1v) is 10.9. The molecule has 0 spiro atoms. The minimum absolute atomic E-state index is 0.0792. The molecule has 1 aromatic rings. The summed E-state index contributed by atoms with van der Waals surface area (Å²) >= 11 is 0. The van der Waals surface area contributed by atoms with Crippen LogP contribution in [0.3, 0.4) is 0 Å². The van der Waals surface area contributed by atoms with E-state index in [-0.39, 0.29) is 25.6 Å². The highest BCUT2D eigenvalue weighted by molar-refractivity contribution is 7.89. The molecule has 0 radical (unpaired) electrons. The molecule has 170 valence electrons. The zero-order chi connectivity index (χ0) is 22.7. The maximum Gasteiger partial charge on any atom is 0.573 e. The van der Waals surface area contributed by atoms with Gasteiger partial charge in [0.1, 0.15) is 16.2 Å². The van der Waals surface area contributed by atoms with E-state index in [1.54, 1.807) is 27.8 Å². The van der Waals surface area contributed by atoms with Gasteiger partial charge in [0.05, 0.1) is 0 Å². The number of alkyl halides is 3. The van der Waals surface area contributed by atoms with Gasteiger partial charge in [0.2, 0.25) is 10.0 Å². The van der Waals surface area contributed by atoms with Gasteiger partial charge in [-0.3, -0.25) is 0 Å². The van der Waals surface area contributed by atoms with Crippen LogP contribution in [0.25, 0.3) is 0 Å². The SMILES string of the molecule is CN(CC1CCCN(S(=O)(=O)c2ccccc2OC(F)(F)F)C1)C(=O)OC(C)(C)C. The second-order valence-electron chi connectivity index (χ2n) is 8.23. The number of nitrogens with zero attached hydrogens (tertiary/aromatic N) is 2. The molecule has 0 saturated carbocycles. The third-order valence-corrected chi connectivity index (χ3v) is 6.32. The van der Waals surface area contributed by atoms with Crippen LogP contribution < -0.4 is 4.74 Å². The molecule has 1 saturated heterocycles. The van der Waals surface area contributed by atoms with Crippen LogP contribution in [-0.4, -0.2) is 62.4 Å². The van der Waals surface area contributed by atoms with Gasteiger partial charge in [0, 0.05) is 26.7 Å². The Hall–Kier alpha value is -2.01. The van der Waals surface area contributed by atoms with Crippen molar-refractivity contribution in [3.63, 3.8) is 0 Å². The third-order valence-electron chi connectivity index (χ3n) is 4.41. The standard InChI is InChI=1S/C19H27F3N2O5S/c1-18(2,3)29-17(25)23(4)12-14-8-7-11-24(13-14)30(26,27)16-10-6-5-9-15(16)28-19(20,21)22/h5-6,9-10,14H,7-8,11-13H2,1-4H3. The van der Waals surface area contributed by atoms with E-state index in [2.05, 4.69) is 4.74 Å². The summed E-state index contributed by atoms with van der Waals surface area (Å²) in [6, 6.07) is 4.67. The number of piperidine rings is 1. The Morgan fingerprint density at radius 3 is 2.47 bits per heavy atom. The molecule has 1 heterocycles. The van der Waals surface area contributed by atoms with Gasteiger partial charge in [-0.25, -0.2) is 13.2 Å². The molecule has 7 nitrogen and oxygen atoms in total. The van der Waals surface area contributed by atoms with E-state index in [0.717, 1.165) is 16.4 Å². The molecule has 1 aromatic carbocycles. The van der Waals surface area contributed by atoms with Crippen LogP contribution in [-0.2, 0) is 14.8 Å². The molecular weight excluding hydrogens is 425 g/mol. The van der Waals surface area contributed by atoms with Crippen LogP contribution in [0.15, 0.2) is 29.2 Å². The Kier molecular flexibility index (Phi) is 7.28. The number of para-hydroxylation sites is 1. The lowest BCUT2D eigenvalue weighted by Gasteiger charge is -2.34. The summed E-state index contributed by atoms with van der Waals surface area (Å²) in [5, 5.41) is 0. The van der Waals surface area contributed by atoms with Crippen molar-refractivity contribution >= 4 is 16.1 Å². The molecule has 1 aliphatic rings. The van der Waals surface area contributed by atoms with Crippen molar-refractivity contribution < 1.29 is 35.9 Å². The number of rotatable bonds is 5. The summed E-state index contributed by atoms with van der Waals surface area (Å²) in [5.41, 5.74) is -0.657. The van der Waals surface area contributed by atoms with Gasteiger partial charge in [-0.05, 0) is 51.7 Å². The smallest absolute Gasteiger partial charge is 0.444 e. The van der Waals surface area contributed by atoms with Crippen molar-refractivity contribution in [2.75, 3.05) is 26.7 Å². The summed E-state index contributed by atoms with van der Waals surface area (Å²) in [6.45, 7) is 5.75. The van der Waals surface area contributed by atoms with Crippen molar-refractivity contribution in [1.29, 1.82) is 0 Å². The van der Waals surface area contributed by atoms with E-state index in [9.17, 15) is 26.4 Å². The number of halogens is 3. The number of carbonyl (C=O) groups excluding carboxylic acids is 1. The van der Waals surface area contributed by atoms with Crippen molar-refractivity contribution in [3.05, 3.63) is 24.3 Å². The first kappa shape index (κ1) is 24.3. The van der Waals surface area contributed by atoms with Crippen LogP contribution in [0.4, 0.5) is 18.0 Å². The van der Waals surface area contributed by atoms with E-state index >= 15 is 0 Å². The van der Waals surface area contributed by atoms with Gasteiger partial charge in [0.15, 0.2) is 0 Å². The highest BCUT2D eigenvalue weighted by atomic mass is 32.2. The predicted molar refractivity (Wildman–Crippen MR) is 103 cm³/mol. The number of ether oxygens (including phenoxy) is 2. The molecule has 1 unspecified atom stereocenters. The van der Waals surface area contributed by atoms with E-state index < -0.39 is 38.7 Å². The maximum absolute atomic E-state index is 13.0. The Bertz CT molecular complexity index is 852. The van der Waals surface area contributed by atoms with Gasteiger partial charge in [0.25, 0.3) is 0 Å². The van der Waals surface area contributed by atoms with Gasteiger partial charge in [-0.2, -0.15) is 4.31 Å². The average molecular weight is 452 g/mol. The number of sulfonamides is 1. The van der Waals surface area contributed by atoms with Gasteiger partial charge < -0.3 is 14.4 Å². The molecule has 1 aliphatic heterocycles. The van der Waals surface area contributed by atoms with Crippen molar-refractivity contribution in [2.24, 2.45) is 5.92 Å². The topological polar surface area (TPSA) is 76.2 Å². The lowest BCUT2D eigenvalue weighted by atomic mass is 9.99. The lowest BCUT2D eigenvalue weighted by Crippen LogP contribution is -2.45. The fourth-order valence-corrected chi connectivity index (χ4v) is 4.88. The summed E-state index contributed by atoms with van der Waals surface area (Å²) in [4.78, 5) is 13.0. The Balaban J connectivity index is 2.14. The lowest BCUT2D eigenvalue weighted by molar-refractivity contribution is -0.275. The van der Waals surface area contributed by atoms with Crippen molar-refractivity contribution in [2.45, 2.75) is 50.5 Å². The first-order chi connectivity index (χ1) is 13.7. The van der Waals surface area contributed by atoms with E-state index in [0.29, 0.717) is 12.8 Å². The summed E-state index contributed by atoms with van der Waals surface area (Å²) in [5.74, 6) is -0.945. The van der Waals surface area contributed by atoms with Crippen LogP contribution in [0.5, 0.6) is 5.75 Å². The van der Waals surface area contributed by atoms with Crippen LogP contribution >= 0.6 is 0 Å². The zero-order valence-electron chi connectivity index (χ0n) is 17.4. The first-order valence-electron chi connectivity index (χ1n) is 9.48. The van der Waals surface area contributed by atoms with Crippen molar-refractivity contribution in [3.8, 4) is 5.75 Å². The van der Waals surface area contributed by atoms with E-state index in [4.69, 9.17) is 4.74 Å². The van der Waals surface area contributed by atoms with Gasteiger partial charge in [-0.1, -0.05) is 12.1 Å². The Labute approximate surface area is 174 Å². The molecule has 0 bridgehead atoms. The largest absolute Gasteiger partial charge is 0.573 e. The molecule has 1 atom stereocenters. The molecule has 0 aliphatic carbocycles. The summed E-state index contributed by atoms with van der Waals surface area (Å²) in [7, 11) is -2.65. The molecule has 0 aromatic heterocycles. The molecule has 1 amide bonds. The predicted octanol–water partition coefficient (Wildman–Crippen LogP) is 3.85. The molecule has 30 heavy (non-hydrogen) atoms. The van der Waals surface area contributed by atoms with Gasteiger partial charge in [-0.15, -0.1) is 13.2 Å². The van der Waals surface area contributed by atoms with E-state index in [1.165, 1.54) is 17.0 Å². The number of benzene rings is 1. The Morgan fingerprint density at radius 1 is 1.23 bits per heavy atom. The second kappa shape index (κ2) is 9.01. The summed E-state index contributed by atoms with van der Waals surface area (Å²) in [6.07, 6.45) is -4.33. The number of carbonyl (C=O) groups is 1. The second-order valence-corrected chi connectivity index (χ2v) is 10.1.